The van der Waals surface area contributed by atoms with Crippen LogP contribution in [0.15, 0.2) is 42.5 Å². The molecule has 1 N–H and O–H groups in total. The van der Waals surface area contributed by atoms with Crippen LogP contribution in [0.5, 0.6) is 17.2 Å². The Hall–Kier alpha value is -2.69. The number of piperidine rings is 1. The lowest BCUT2D eigenvalue weighted by Crippen LogP contribution is -2.38. The van der Waals surface area contributed by atoms with Crippen molar-refractivity contribution in [2.45, 2.75) is 31.6 Å². The zero-order valence-electron chi connectivity index (χ0n) is 16.0. The van der Waals surface area contributed by atoms with E-state index in [0.29, 0.717) is 24.5 Å². The summed E-state index contributed by atoms with van der Waals surface area (Å²) in [5, 5.41) is 9.42. The van der Waals surface area contributed by atoms with Crippen LogP contribution in [0.3, 0.4) is 0 Å². The fourth-order valence-electron chi connectivity index (χ4n) is 3.63. The Labute approximate surface area is 160 Å². The van der Waals surface area contributed by atoms with Gasteiger partial charge in [0, 0.05) is 25.6 Å². The Morgan fingerprint density at radius 3 is 2.19 bits per heavy atom. The van der Waals surface area contributed by atoms with E-state index in [0.717, 1.165) is 43.0 Å². The molecule has 0 saturated carbocycles. The molecule has 1 amide bonds. The molecular formula is C22H27NO4. The molecular weight excluding hydrogens is 342 g/mol. The molecule has 0 atom stereocenters. The molecule has 0 unspecified atom stereocenters. The first kappa shape index (κ1) is 19.1. The molecule has 27 heavy (non-hydrogen) atoms. The van der Waals surface area contributed by atoms with Crippen LogP contribution in [-0.2, 0) is 11.2 Å². The Balaban J connectivity index is 1.52. The quantitative estimate of drug-likeness (QED) is 0.843. The number of rotatable bonds is 6. The number of carbonyl (C=O) groups is 1. The van der Waals surface area contributed by atoms with Crippen LogP contribution in [0.25, 0.3) is 0 Å². The molecule has 0 radical (unpaired) electrons. The second-order valence-electron chi connectivity index (χ2n) is 6.97. The summed E-state index contributed by atoms with van der Waals surface area (Å²) in [4.78, 5) is 14.6. The molecule has 144 valence electrons. The van der Waals surface area contributed by atoms with Gasteiger partial charge in [-0.15, -0.1) is 0 Å². The third-order valence-corrected chi connectivity index (χ3v) is 5.25. The highest BCUT2D eigenvalue weighted by Gasteiger charge is 2.23. The van der Waals surface area contributed by atoms with Gasteiger partial charge in [0.15, 0.2) is 0 Å². The molecule has 3 rings (SSSR count). The van der Waals surface area contributed by atoms with Crippen LogP contribution in [0.2, 0.25) is 0 Å². The number of hydrogen-bond donors (Lipinski definition) is 1. The fraction of sp³-hybridized carbons (Fsp3) is 0.409. The zero-order valence-corrected chi connectivity index (χ0v) is 16.0. The predicted molar refractivity (Wildman–Crippen MR) is 105 cm³/mol. The number of benzene rings is 2. The molecule has 1 aliphatic rings. The number of hydrogen-bond acceptors (Lipinski definition) is 4. The SMILES string of the molecule is COc1cc(CCC(=O)N2CCC(c3ccc(O)cc3)CC2)cc(OC)c1. The molecule has 0 aliphatic carbocycles. The maximum atomic E-state index is 12.6. The van der Waals surface area contributed by atoms with E-state index in [1.165, 1.54) is 5.56 Å². The minimum Gasteiger partial charge on any atom is -0.508 e. The largest absolute Gasteiger partial charge is 0.508 e. The van der Waals surface area contributed by atoms with E-state index in [1.807, 2.05) is 35.2 Å². The zero-order chi connectivity index (χ0) is 19.2. The van der Waals surface area contributed by atoms with Gasteiger partial charge in [-0.2, -0.15) is 0 Å². The number of phenols is 1. The van der Waals surface area contributed by atoms with E-state index in [9.17, 15) is 9.90 Å². The van der Waals surface area contributed by atoms with Gasteiger partial charge < -0.3 is 19.5 Å². The number of phenolic OH excluding ortho intramolecular Hbond substituents is 1. The monoisotopic (exact) mass is 369 g/mol. The van der Waals surface area contributed by atoms with Crippen LogP contribution in [-0.4, -0.2) is 43.2 Å². The van der Waals surface area contributed by atoms with Gasteiger partial charge in [-0.05, 0) is 60.6 Å². The summed E-state index contributed by atoms with van der Waals surface area (Å²) in [6.45, 7) is 1.57. The van der Waals surface area contributed by atoms with E-state index in [-0.39, 0.29) is 5.91 Å². The van der Waals surface area contributed by atoms with Crippen molar-refractivity contribution in [2.75, 3.05) is 27.3 Å². The van der Waals surface area contributed by atoms with Gasteiger partial charge >= 0.3 is 0 Å². The number of amides is 1. The minimum absolute atomic E-state index is 0.195. The first-order chi connectivity index (χ1) is 13.1. The van der Waals surface area contributed by atoms with Crippen molar-refractivity contribution < 1.29 is 19.4 Å². The number of likely N-dealkylation sites (tertiary alicyclic amines) is 1. The van der Waals surface area contributed by atoms with E-state index in [2.05, 4.69) is 0 Å². The summed E-state index contributed by atoms with van der Waals surface area (Å²) in [6, 6.07) is 13.2. The van der Waals surface area contributed by atoms with E-state index in [1.54, 1.807) is 26.4 Å². The summed E-state index contributed by atoms with van der Waals surface area (Å²) in [6.07, 6.45) is 3.08. The van der Waals surface area contributed by atoms with E-state index < -0.39 is 0 Å². The predicted octanol–water partition coefficient (Wildman–Crippen LogP) is 3.75. The summed E-state index contributed by atoms with van der Waals surface area (Å²) in [5.74, 6) is 2.43. The molecule has 5 heteroatoms. The standard InChI is InChI=1S/C22H27NO4/c1-26-20-13-16(14-21(15-20)27-2)3-8-22(25)23-11-9-18(10-12-23)17-4-6-19(24)7-5-17/h4-7,13-15,18,24H,3,8-12H2,1-2H3. The van der Waals surface area contributed by atoms with Crippen LogP contribution in [0.4, 0.5) is 0 Å². The van der Waals surface area contributed by atoms with Gasteiger partial charge in [-0.25, -0.2) is 0 Å². The first-order valence-electron chi connectivity index (χ1n) is 9.37. The minimum atomic E-state index is 0.195. The Morgan fingerprint density at radius 2 is 1.63 bits per heavy atom. The topological polar surface area (TPSA) is 59.0 Å². The van der Waals surface area contributed by atoms with Gasteiger partial charge in [0.25, 0.3) is 0 Å². The van der Waals surface area contributed by atoms with Gasteiger partial charge in [0.2, 0.25) is 5.91 Å². The summed E-state index contributed by atoms with van der Waals surface area (Å²) < 4.78 is 10.6. The second-order valence-corrected chi connectivity index (χ2v) is 6.97. The number of ether oxygens (including phenoxy) is 2. The van der Waals surface area contributed by atoms with Crippen molar-refractivity contribution >= 4 is 5.91 Å². The van der Waals surface area contributed by atoms with Crippen LogP contribution in [0, 0.1) is 0 Å². The van der Waals surface area contributed by atoms with Crippen molar-refractivity contribution in [2.24, 2.45) is 0 Å². The lowest BCUT2D eigenvalue weighted by molar-refractivity contribution is -0.132. The molecule has 1 heterocycles. The summed E-state index contributed by atoms with van der Waals surface area (Å²) in [5.41, 5.74) is 2.28. The molecule has 0 bridgehead atoms. The van der Waals surface area contributed by atoms with Crippen molar-refractivity contribution in [3.05, 3.63) is 53.6 Å². The molecule has 1 fully saturated rings. The third kappa shape index (κ3) is 4.94. The highest BCUT2D eigenvalue weighted by molar-refractivity contribution is 5.76. The average molecular weight is 369 g/mol. The van der Waals surface area contributed by atoms with Crippen molar-refractivity contribution in [3.8, 4) is 17.2 Å². The molecule has 2 aromatic carbocycles. The average Bonchev–Trinajstić information content (AvgIpc) is 2.72. The summed E-state index contributed by atoms with van der Waals surface area (Å²) in [7, 11) is 3.25. The van der Waals surface area contributed by atoms with Crippen LogP contribution < -0.4 is 9.47 Å². The number of aryl methyl sites for hydroxylation is 1. The fourth-order valence-corrected chi connectivity index (χ4v) is 3.63. The van der Waals surface area contributed by atoms with Crippen molar-refractivity contribution in [1.82, 2.24) is 4.90 Å². The Kier molecular flexibility index (Phi) is 6.22. The second kappa shape index (κ2) is 8.80. The number of methoxy groups -OCH3 is 2. The highest BCUT2D eigenvalue weighted by Crippen LogP contribution is 2.29. The van der Waals surface area contributed by atoms with Crippen LogP contribution >= 0.6 is 0 Å². The van der Waals surface area contributed by atoms with Gasteiger partial charge in [-0.3, -0.25) is 4.79 Å². The van der Waals surface area contributed by atoms with Gasteiger partial charge in [0.1, 0.15) is 17.2 Å². The number of nitrogens with zero attached hydrogens (tertiary/aromatic N) is 1. The molecule has 5 nitrogen and oxygen atoms in total. The van der Waals surface area contributed by atoms with Crippen molar-refractivity contribution in [3.63, 3.8) is 0 Å². The normalized spacial score (nSPS) is 14.8. The van der Waals surface area contributed by atoms with Gasteiger partial charge in [-0.1, -0.05) is 12.1 Å². The number of aromatic hydroxyl groups is 1. The Morgan fingerprint density at radius 1 is 1.04 bits per heavy atom. The smallest absolute Gasteiger partial charge is 0.222 e. The first-order valence-corrected chi connectivity index (χ1v) is 9.37. The molecule has 0 aromatic heterocycles. The van der Waals surface area contributed by atoms with Crippen molar-refractivity contribution in [1.29, 1.82) is 0 Å². The molecule has 1 aliphatic heterocycles. The maximum absolute atomic E-state index is 12.6. The highest BCUT2D eigenvalue weighted by atomic mass is 16.5. The molecule has 2 aromatic rings. The Bertz CT molecular complexity index is 742. The van der Waals surface area contributed by atoms with Gasteiger partial charge in [0.05, 0.1) is 14.2 Å². The summed E-state index contributed by atoms with van der Waals surface area (Å²) >= 11 is 0. The lowest BCUT2D eigenvalue weighted by Gasteiger charge is -2.32. The van der Waals surface area contributed by atoms with Crippen LogP contribution in [0.1, 0.15) is 36.3 Å². The van der Waals surface area contributed by atoms with E-state index >= 15 is 0 Å². The lowest BCUT2D eigenvalue weighted by atomic mass is 9.89. The number of carbonyl (C=O) groups excluding carboxylic acids is 1. The maximum Gasteiger partial charge on any atom is 0.222 e. The third-order valence-electron chi connectivity index (χ3n) is 5.25. The van der Waals surface area contributed by atoms with E-state index in [4.69, 9.17) is 9.47 Å². The molecule has 1 saturated heterocycles. The molecule has 0 spiro atoms.